The molecule has 0 radical (unpaired) electrons. The Balaban J connectivity index is 1.70. The van der Waals surface area contributed by atoms with Crippen molar-refractivity contribution in [2.24, 2.45) is 0 Å². The molecule has 1 aromatic rings. The molecular formula is C18H24N2O3. The molecule has 5 heteroatoms. The Labute approximate surface area is 137 Å². The molecule has 1 aliphatic carbocycles. The average Bonchev–Trinajstić information content (AvgIpc) is 3.01. The first kappa shape index (κ1) is 15.9. The van der Waals surface area contributed by atoms with Crippen LogP contribution in [0.4, 0.5) is 0 Å². The highest BCUT2D eigenvalue weighted by Crippen LogP contribution is 2.35. The van der Waals surface area contributed by atoms with Gasteiger partial charge in [0.15, 0.2) is 11.5 Å². The smallest absolute Gasteiger partial charge is 0.242 e. The van der Waals surface area contributed by atoms with Crippen molar-refractivity contribution < 1.29 is 14.3 Å². The molecule has 0 unspecified atom stereocenters. The molecule has 1 amide bonds. The van der Waals surface area contributed by atoms with Crippen molar-refractivity contribution >= 4 is 5.91 Å². The van der Waals surface area contributed by atoms with Gasteiger partial charge in [0.05, 0.1) is 0 Å². The topological polar surface area (TPSA) is 50.8 Å². The molecule has 23 heavy (non-hydrogen) atoms. The van der Waals surface area contributed by atoms with Gasteiger partial charge in [-0.25, -0.2) is 0 Å². The van der Waals surface area contributed by atoms with Crippen molar-refractivity contribution in [1.82, 2.24) is 10.2 Å². The van der Waals surface area contributed by atoms with Gasteiger partial charge in [-0.15, -0.1) is 0 Å². The molecule has 0 aromatic heterocycles. The molecule has 1 N–H and O–H groups in total. The fourth-order valence-corrected chi connectivity index (χ4v) is 3.13. The quantitative estimate of drug-likeness (QED) is 0.849. The highest BCUT2D eigenvalue weighted by atomic mass is 16.7. The van der Waals surface area contributed by atoms with E-state index < -0.39 is 0 Å². The number of ether oxygens (including phenoxy) is 2. The first-order chi connectivity index (χ1) is 11.1. The number of carbonyl (C=O) groups excluding carboxylic acids is 1. The van der Waals surface area contributed by atoms with E-state index in [1.807, 2.05) is 37.2 Å². The molecule has 0 bridgehead atoms. The lowest BCUT2D eigenvalue weighted by molar-refractivity contribution is -0.125. The second kappa shape index (κ2) is 7.04. The number of carbonyl (C=O) groups is 1. The molecule has 2 aliphatic rings. The summed E-state index contributed by atoms with van der Waals surface area (Å²) in [7, 11) is 3.82. The Hall–Kier alpha value is -2.01. The second-order valence-electron chi connectivity index (χ2n) is 6.30. The van der Waals surface area contributed by atoms with Gasteiger partial charge in [-0.2, -0.15) is 0 Å². The van der Waals surface area contributed by atoms with Crippen LogP contribution in [0, 0.1) is 0 Å². The summed E-state index contributed by atoms with van der Waals surface area (Å²) in [6.07, 6.45) is 6.96. The number of likely N-dealkylation sites (N-methyl/N-ethyl adjacent to an activating group) is 1. The molecule has 1 aliphatic heterocycles. The second-order valence-corrected chi connectivity index (χ2v) is 6.30. The van der Waals surface area contributed by atoms with Gasteiger partial charge in [0.2, 0.25) is 12.7 Å². The van der Waals surface area contributed by atoms with Gasteiger partial charge in [-0.1, -0.05) is 17.7 Å². The van der Waals surface area contributed by atoms with Crippen LogP contribution in [0.3, 0.4) is 0 Å². The SMILES string of the molecule is CN(C)[C@@H](C(=O)NCC1=CCCCC1)c1ccc2c(c1)OCO2. The molecular weight excluding hydrogens is 292 g/mol. The number of nitrogens with one attached hydrogen (secondary N) is 1. The zero-order valence-corrected chi connectivity index (χ0v) is 13.8. The van der Waals surface area contributed by atoms with Crippen molar-refractivity contribution in [3.8, 4) is 11.5 Å². The Morgan fingerprint density at radius 3 is 2.83 bits per heavy atom. The van der Waals surface area contributed by atoms with E-state index in [2.05, 4.69) is 11.4 Å². The van der Waals surface area contributed by atoms with E-state index in [1.165, 1.54) is 18.4 Å². The fourth-order valence-electron chi connectivity index (χ4n) is 3.13. The van der Waals surface area contributed by atoms with E-state index in [0.717, 1.165) is 24.2 Å². The lowest BCUT2D eigenvalue weighted by Gasteiger charge is -2.24. The summed E-state index contributed by atoms with van der Waals surface area (Å²) in [5.74, 6) is 1.46. The van der Waals surface area contributed by atoms with Crippen LogP contribution in [0.1, 0.15) is 37.3 Å². The summed E-state index contributed by atoms with van der Waals surface area (Å²) in [4.78, 5) is 14.6. The first-order valence-electron chi connectivity index (χ1n) is 8.17. The van der Waals surface area contributed by atoms with Crippen LogP contribution in [0.5, 0.6) is 11.5 Å². The van der Waals surface area contributed by atoms with E-state index in [9.17, 15) is 4.79 Å². The number of fused-ring (bicyclic) bond motifs is 1. The highest BCUT2D eigenvalue weighted by Gasteiger charge is 2.25. The number of allylic oxidation sites excluding steroid dienone is 1. The lowest BCUT2D eigenvalue weighted by Crippen LogP contribution is -2.38. The summed E-state index contributed by atoms with van der Waals surface area (Å²) in [5.41, 5.74) is 2.25. The summed E-state index contributed by atoms with van der Waals surface area (Å²) in [6.45, 7) is 0.888. The van der Waals surface area contributed by atoms with E-state index in [4.69, 9.17) is 9.47 Å². The maximum atomic E-state index is 12.7. The van der Waals surface area contributed by atoms with Gasteiger partial charge < -0.3 is 14.8 Å². The Kier molecular flexibility index (Phi) is 4.86. The van der Waals surface area contributed by atoms with Gasteiger partial charge in [-0.3, -0.25) is 9.69 Å². The Morgan fingerprint density at radius 1 is 1.26 bits per heavy atom. The zero-order chi connectivity index (χ0) is 16.2. The summed E-state index contributed by atoms with van der Waals surface area (Å²) >= 11 is 0. The summed E-state index contributed by atoms with van der Waals surface area (Å²) < 4.78 is 10.8. The van der Waals surface area contributed by atoms with Crippen LogP contribution in [-0.4, -0.2) is 38.2 Å². The van der Waals surface area contributed by atoms with Crippen molar-refractivity contribution in [1.29, 1.82) is 0 Å². The molecule has 3 rings (SSSR count). The van der Waals surface area contributed by atoms with Crippen LogP contribution < -0.4 is 14.8 Å². The predicted molar refractivity (Wildman–Crippen MR) is 88.6 cm³/mol. The number of amides is 1. The van der Waals surface area contributed by atoms with Crippen molar-refractivity contribution in [3.63, 3.8) is 0 Å². The van der Waals surface area contributed by atoms with Crippen LogP contribution in [-0.2, 0) is 4.79 Å². The van der Waals surface area contributed by atoms with Gasteiger partial charge in [0, 0.05) is 6.54 Å². The molecule has 0 saturated heterocycles. The van der Waals surface area contributed by atoms with Crippen molar-refractivity contribution in [3.05, 3.63) is 35.4 Å². The number of rotatable bonds is 5. The maximum Gasteiger partial charge on any atom is 0.242 e. The number of nitrogens with zero attached hydrogens (tertiary/aromatic N) is 1. The van der Waals surface area contributed by atoms with Crippen LogP contribution in [0.25, 0.3) is 0 Å². The minimum absolute atomic E-state index is 0.0142. The minimum atomic E-state index is -0.339. The minimum Gasteiger partial charge on any atom is -0.454 e. The van der Waals surface area contributed by atoms with Gasteiger partial charge in [0.25, 0.3) is 0 Å². The zero-order valence-electron chi connectivity index (χ0n) is 13.8. The molecule has 124 valence electrons. The standard InChI is InChI=1S/C18H24N2O3/c1-20(2)17(14-8-9-15-16(10-14)23-12-22-15)18(21)19-11-13-6-4-3-5-7-13/h6,8-10,17H,3-5,7,11-12H2,1-2H3,(H,19,21)/t17-/m1/s1. The average molecular weight is 316 g/mol. The molecule has 0 saturated carbocycles. The Bertz CT molecular complexity index is 610. The summed E-state index contributed by atoms with van der Waals surface area (Å²) in [6, 6.07) is 5.35. The highest BCUT2D eigenvalue weighted by molar-refractivity contribution is 5.83. The maximum absolute atomic E-state index is 12.7. The molecule has 5 nitrogen and oxygen atoms in total. The molecule has 1 aromatic carbocycles. The number of hydrogen-bond acceptors (Lipinski definition) is 4. The number of hydrogen-bond donors (Lipinski definition) is 1. The van der Waals surface area contributed by atoms with Gasteiger partial charge in [0.1, 0.15) is 6.04 Å². The van der Waals surface area contributed by atoms with Gasteiger partial charge >= 0.3 is 0 Å². The third-order valence-electron chi connectivity index (χ3n) is 4.35. The third-order valence-corrected chi connectivity index (χ3v) is 4.35. The van der Waals surface area contributed by atoms with Crippen LogP contribution >= 0.6 is 0 Å². The van der Waals surface area contributed by atoms with Crippen LogP contribution in [0.15, 0.2) is 29.8 Å². The first-order valence-corrected chi connectivity index (χ1v) is 8.17. The molecule has 0 fully saturated rings. The van der Waals surface area contributed by atoms with Gasteiger partial charge in [-0.05, 0) is 57.5 Å². The molecule has 1 atom stereocenters. The molecule has 0 spiro atoms. The van der Waals surface area contributed by atoms with E-state index >= 15 is 0 Å². The number of benzene rings is 1. The van der Waals surface area contributed by atoms with Crippen LogP contribution in [0.2, 0.25) is 0 Å². The van der Waals surface area contributed by atoms with E-state index in [-0.39, 0.29) is 18.7 Å². The van der Waals surface area contributed by atoms with E-state index in [0.29, 0.717) is 12.3 Å². The fraction of sp³-hybridized carbons (Fsp3) is 0.500. The normalized spacial score (nSPS) is 17.8. The van der Waals surface area contributed by atoms with E-state index in [1.54, 1.807) is 0 Å². The lowest BCUT2D eigenvalue weighted by atomic mass is 9.99. The largest absolute Gasteiger partial charge is 0.454 e. The molecule has 1 heterocycles. The van der Waals surface area contributed by atoms with Crippen molar-refractivity contribution in [2.45, 2.75) is 31.7 Å². The van der Waals surface area contributed by atoms with Crippen molar-refractivity contribution in [2.75, 3.05) is 27.4 Å². The monoisotopic (exact) mass is 316 g/mol. The summed E-state index contributed by atoms with van der Waals surface area (Å²) in [5, 5.41) is 3.08. The predicted octanol–water partition coefficient (Wildman–Crippen LogP) is 2.63. The third kappa shape index (κ3) is 3.67. The Morgan fingerprint density at radius 2 is 2.09 bits per heavy atom.